The van der Waals surface area contributed by atoms with Gasteiger partial charge in [-0.2, -0.15) is 0 Å². The van der Waals surface area contributed by atoms with E-state index in [-0.39, 0.29) is 23.8 Å². The topological polar surface area (TPSA) is 49.4 Å². The first kappa shape index (κ1) is 17.7. The van der Waals surface area contributed by atoms with Crippen LogP contribution in [0.4, 0.5) is 0 Å². The first-order chi connectivity index (χ1) is 12.0. The number of thiophene rings is 1. The van der Waals surface area contributed by atoms with Gasteiger partial charge in [-0.1, -0.05) is 35.9 Å². The molecule has 1 saturated heterocycles. The lowest BCUT2D eigenvalue weighted by atomic mass is 9.93. The van der Waals surface area contributed by atoms with Crippen LogP contribution >= 0.6 is 11.3 Å². The Hall–Kier alpha value is -2.14. The molecule has 4 nitrogen and oxygen atoms in total. The van der Waals surface area contributed by atoms with E-state index in [4.69, 9.17) is 0 Å². The third-order valence-corrected chi connectivity index (χ3v) is 5.67. The van der Waals surface area contributed by atoms with Crippen molar-refractivity contribution in [1.82, 2.24) is 10.2 Å². The van der Waals surface area contributed by atoms with Gasteiger partial charge in [0.05, 0.1) is 6.04 Å². The predicted molar refractivity (Wildman–Crippen MR) is 101 cm³/mol. The van der Waals surface area contributed by atoms with Gasteiger partial charge in [-0.3, -0.25) is 9.59 Å². The molecule has 2 aromatic rings. The molecular weight excluding hydrogens is 332 g/mol. The molecule has 0 bridgehead atoms. The Morgan fingerprint density at radius 3 is 2.60 bits per heavy atom. The molecule has 3 rings (SSSR count). The fraction of sp³-hybridized carbons (Fsp3) is 0.400. The minimum Gasteiger partial charge on any atom is -0.351 e. The van der Waals surface area contributed by atoms with E-state index in [1.54, 1.807) is 11.3 Å². The summed E-state index contributed by atoms with van der Waals surface area (Å²) in [5, 5.41) is 5.07. The fourth-order valence-electron chi connectivity index (χ4n) is 3.41. The van der Waals surface area contributed by atoms with Gasteiger partial charge in [-0.05, 0) is 30.4 Å². The van der Waals surface area contributed by atoms with Crippen LogP contribution in [0.3, 0.4) is 0 Å². The highest BCUT2D eigenvalue weighted by Crippen LogP contribution is 2.29. The van der Waals surface area contributed by atoms with Crippen molar-refractivity contribution in [3.05, 3.63) is 57.8 Å². The summed E-state index contributed by atoms with van der Waals surface area (Å²) in [5.41, 5.74) is 2.39. The number of amides is 2. The number of aryl methyl sites for hydroxylation is 2. The lowest BCUT2D eigenvalue weighted by molar-refractivity contribution is -0.130. The maximum absolute atomic E-state index is 12.6. The summed E-state index contributed by atoms with van der Waals surface area (Å²) in [4.78, 5) is 27.3. The standard InChI is InChI=1S/C20H24N2O2S/c1-14-5-7-16(8-6-14)18-12-22(13-19(18)21-15(2)23)20(24)10-9-17-4-3-11-25-17/h3-8,11,18-19H,9-10,12-13H2,1-2H3,(H,21,23)/t18-,19+/m0/s1. The Morgan fingerprint density at radius 1 is 1.20 bits per heavy atom. The van der Waals surface area contributed by atoms with Gasteiger partial charge in [0, 0.05) is 37.2 Å². The first-order valence-electron chi connectivity index (χ1n) is 8.67. The zero-order valence-corrected chi connectivity index (χ0v) is 15.5. The number of nitrogens with one attached hydrogen (secondary N) is 1. The maximum Gasteiger partial charge on any atom is 0.223 e. The molecule has 1 aromatic heterocycles. The van der Waals surface area contributed by atoms with Gasteiger partial charge in [-0.25, -0.2) is 0 Å². The minimum atomic E-state index is -0.0463. The van der Waals surface area contributed by atoms with Crippen molar-refractivity contribution >= 4 is 23.2 Å². The smallest absolute Gasteiger partial charge is 0.223 e. The van der Waals surface area contributed by atoms with Gasteiger partial charge in [0.15, 0.2) is 0 Å². The molecule has 2 heterocycles. The zero-order chi connectivity index (χ0) is 17.8. The van der Waals surface area contributed by atoms with E-state index in [2.05, 4.69) is 42.6 Å². The Morgan fingerprint density at radius 2 is 1.96 bits per heavy atom. The molecule has 1 N–H and O–H groups in total. The first-order valence-corrected chi connectivity index (χ1v) is 9.54. The monoisotopic (exact) mass is 356 g/mol. The van der Waals surface area contributed by atoms with E-state index in [1.165, 1.54) is 22.9 Å². The molecule has 1 aromatic carbocycles. The number of hydrogen-bond acceptors (Lipinski definition) is 3. The Labute approximate surface area is 152 Å². The van der Waals surface area contributed by atoms with Crippen LogP contribution in [0.25, 0.3) is 0 Å². The predicted octanol–water partition coefficient (Wildman–Crippen LogP) is 3.12. The van der Waals surface area contributed by atoms with Gasteiger partial charge in [0.1, 0.15) is 0 Å². The second-order valence-corrected chi connectivity index (χ2v) is 7.73. The Kier molecular flexibility index (Phi) is 5.53. The molecule has 132 valence electrons. The second-order valence-electron chi connectivity index (χ2n) is 6.70. The van der Waals surface area contributed by atoms with Gasteiger partial charge in [0.2, 0.25) is 11.8 Å². The number of carbonyl (C=O) groups excluding carboxylic acids is 2. The average molecular weight is 356 g/mol. The Bertz CT molecular complexity index is 725. The fourth-order valence-corrected chi connectivity index (χ4v) is 4.12. The minimum absolute atomic E-state index is 0.0223. The molecule has 1 aliphatic rings. The highest BCUT2D eigenvalue weighted by Gasteiger charge is 2.36. The van der Waals surface area contributed by atoms with Gasteiger partial charge in [-0.15, -0.1) is 11.3 Å². The second kappa shape index (κ2) is 7.83. The molecule has 5 heteroatoms. The summed E-state index contributed by atoms with van der Waals surface area (Å²) < 4.78 is 0. The quantitative estimate of drug-likeness (QED) is 0.895. The van der Waals surface area contributed by atoms with Crippen LogP contribution < -0.4 is 5.32 Å². The van der Waals surface area contributed by atoms with Crippen LogP contribution in [0.1, 0.15) is 35.3 Å². The SMILES string of the molecule is CC(=O)N[C@@H]1CN(C(=O)CCc2cccs2)C[C@H]1c1ccc(C)cc1. The van der Waals surface area contributed by atoms with Crippen molar-refractivity contribution < 1.29 is 9.59 Å². The molecule has 0 saturated carbocycles. The van der Waals surface area contributed by atoms with Crippen molar-refractivity contribution in [2.45, 2.75) is 38.6 Å². The van der Waals surface area contributed by atoms with Crippen molar-refractivity contribution in [2.24, 2.45) is 0 Å². The normalized spacial score (nSPS) is 19.8. The van der Waals surface area contributed by atoms with Crippen LogP contribution in [0.2, 0.25) is 0 Å². The highest BCUT2D eigenvalue weighted by atomic mass is 32.1. The van der Waals surface area contributed by atoms with E-state index >= 15 is 0 Å². The summed E-state index contributed by atoms with van der Waals surface area (Å²) >= 11 is 1.69. The van der Waals surface area contributed by atoms with E-state index in [1.807, 2.05) is 16.3 Å². The largest absolute Gasteiger partial charge is 0.351 e. The number of hydrogen-bond donors (Lipinski definition) is 1. The van der Waals surface area contributed by atoms with Crippen LogP contribution in [0.15, 0.2) is 41.8 Å². The molecule has 0 unspecified atom stereocenters. The number of carbonyl (C=O) groups is 2. The molecule has 1 fully saturated rings. The van der Waals surface area contributed by atoms with Gasteiger partial charge in [0.25, 0.3) is 0 Å². The Balaban J connectivity index is 1.68. The summed E-state index contributed by atoms with van der Waals surface area (Å²) in [5.74, 6) is 0.267. The molecule has 25 heavy (non-hydrogen) atoms. The lowest BCUT2D eigenvalue weighted by Crippen LogP contribution is -2.39. The number of benzene rings is 1. The average Bonchev–Trinajstić information content (AvgIpc) is 3.23. The molecule has 1 aliphatic heterocycles. The molecule has 2 amide bonds. The van der Waals surface area contributed by atoms with E-state index in [0.29, 0.717) is 19.5 Å². The molecule has 0 radical (unpaired) electrons. The number of likely N-dealkylation sites (tertiary alicyclic amines) is 1. The van der Waals surface area contributed by atoms with Crippen molar-refractivity contribution in [2.75, 3.05) is 13.1 Å². The summed E-state index contributed by atoms with van der Waals surface area (Å²) in [7, 11) is 0. The van der Waals surface area contributed by atoms with E-state index in [0.717, 1.165) is 6.42 Å². The molecule has 2 atom stereocenters. The van der Waals surface area contributed by atoms with Gasteiger partial charge < -0.3 is 10.2 Å². The third kappa shape index (κ3) is 4.48. The van der Waals surface area contributed by atoms with E-state index < -0.39 is 0 Å². The third-order valence-electron chi connectivity index (χ3n) is 4.73. The summed E-state index contributed by atoms with van der Waals surface area (Å²) in [6.45, 7) is 4.84. The molecule has 0 aliphatic carbocycles. The van der Waals surface area contributed by atoms with Crippen LogP contribution in [-0.2, 0) is 16.0 Å². The zero-order valence-electron chi connectivity index (χ0n) is 14.7. The highest BCUT2D eigenvalue weighted by molar-refractivity contribution is 7.09. The van der Waals surface area contributed by atoms with Gasteiger partial charge >= 0.3 is 0 Å². The van der Waals surface area contributed by atoms with Crippen LogP contribution in [0.5, 0.6) is 0 Å². The molecular formula is C20H24N2O2S. The number of nitrogens with zero attached hydrogens (tertiary/aromatic N) is 1. The van der Waals surface area contributed by atoms with Crippen molar-refractivity contribution in [3.63, 3.8) is 0 Å². The van der Waals surface area contributed by atoms with Crippen molar-refractivity contribution in [1.29, 1.82) is 0 Å². The van der Waals surface area contributed by atoms with Crippen molar-refractivity contribution in [3.8, 4) is 0 Å². The van der Waals surface area contributed by atoms with E-state index in [9.17, 15) is 9.59 Å². The van der Waals surface area contributed by atoms with Crippen LogP contribution in [0, 0.1) is 6.92 Å². The van der Waals surface area contributed by atoms with Crippen LogP contribution in [-0.4, -0.2) is 35.8 Å². The summed E-state index contributed by atoms with van der Waals surface area (Å²) in [6.07, 6.45) is 1.31. The lowest BCUT2D eigenvalue weighted by Gasteiger charge is -2.19. The number of rotatable bonds is 5. The summed E-state index contributed by atoms with van der Waals surface area (Å²) in [6, 6.07) is 12.4. The molecule has 0 spiro atoms. The maximum atomic E-state index is 12.6.